The van der Waals surface area contributed by atoms with Gasteiger partial charge < -0.3 is 4.42 Å². The quantitative estimate of drug-likeness (QED) is 0.808. The second-order valence-corrected chi connectivity index (χ2v) is 10.5. The van der Waals surface area contributed by atoms with Crippen molar-refractivity contribution in [2.24, 2.45) is 5.92 Å². The number of hydrogen-bond donors (Lipinski definition) is 0. The van der Waals surface area contributed by atoms with E-state index in [2.05, 4.69) is 6.92 Å². The third-order valence-electron chi connectivity index (χ3n) is 3.97. The maximum atomic E-state index is 12.5. The number of furan rings is 1. The molecule has 22 heavy (non-hydrogen) atoms. The minimum Gasteiger partial charge on any atom is -0.465 e. The highest BCUT2D eigenvalue weighted by Crippen LogP contribution is 2.36. The fourth-order valence-corrected chi connectivity index (χ4v) is 5.97. The molecule has 0 aliphatic carbocycles. The van der Waals surface area contributed by atoms with Crippen molar-refractivity contribution in [3.63, 3.8) is 0 Å². The van der Waals surface area contributed by atoms with E-state index >= 15 is 0 Å². The van der Waals surface area contributed by atoms with Crippen LogP contribution in [0, 0.1) is 12.8 Å². The number of sulfone groups is 1. The summed E-state index contributed by atoms with van der Waals surface area (Å²) in [6.07, 6.45) is 2.51. The minimum absolute atomic E-state index is 0.345. The molecule has 1 aliphatic rings. The topological polar surface area (TPSA) is 84.7 Å². The smallest absolute Gasteiger partial charge is 0.215 e. The van der Waals surface area contributed by atoms with Crippen LogP contribution >= 0.6 is 0 Å². The SMILES string of the molecule is Cc1ccc([C@H]2C[C@@H](C)CCN2S(=O)(=O)CCS(C)(=O)=O)o1. The molecule has 0 saturated carbocycles. The fourth-order valence-electron chi connectivity index (χ4n) is 2.72. The molecule has 1 fully saturated rings. The summed E-state index contributed by atoms with van der Waals surface area (Å²) in [5.41, 5.74) is 0. The monoisotopic (exact) mass is 349 g/mol. The van der Waals surface area contributed by atoms with Crippen molar-refractivity contribution < 1.29 is 21.3 Å². The molecule has 1 saturated heterocycles. The lowest BCUT2D eigenvalue weighted by Crippen LogP contribution is -2.42. The van der Waals surface area contributed by atoms with Crippen molar-refractivity contribution in [3.8, 4) is 0 Å². The number of nitrogens with zero attached hydrogens (tertiary/aromatic N) is 1. The van der Waals surface area contributed by atoms with Gasteiger partial charge in [-0.2, -0.15) is 4.31 Å². The molecule has 0 unspecified atom stereocenters. The third kappa shape index (κ3) is 4.33. The van der Waals surface area contributed by atoms with Gasteiger partial charge in [0, 0.05) is 12.8 Å². The summed E-state index contributed by atoms with van der Waals surface area (Å²) in [5.74, 6) is 1.03. The van der Waals surface area contributed by atoms with Gasteiger partial charge in [-0.15, -0.1) is 0 Å². The molecule has 0 radical (unpaired) electrons. The number of piperidine rings is 1. The Morgan fingerprint density at radius 1 is 1.23 bits per heavy atom. The Balaban J connectivity index is 2.25. The van der Waals surface area contributed by atoms with Gasteiger partial charge in [0.1, 0.15) is 21.4 Å². The van der Waals surface area contributed by atoms with Crippen LogP contribution in [0.5, 0.6) is 0 Å². The van der Waals surface area contributed by atoms with E-state index in [4.69, 9.17) is 4.42 Å². The Bertz CT molecular complexity index is 720. The third-order valence-corrected chi connectivity index (χ3v) is 7.05. The van der Waals surface area contributed by atoms with Gasteiger partial charge in [0.05, 0.1) is 17.5 Å². The van der Waals surface area contributed by atoms with E-state index in [0.717, 1.165) is 18.4 Å². The second kappa shape index (κ2) is 6.33. The molecular weight excluding hydrogens is 326 g/mol. The first-order chi connectivity index (χ1) is 10.1. The Labute approximate surface area is 132 Å². The van der Waals surface area contributed by atoms with E-state index < -0.39 is 19.9 Å². The highest BCUT2D eigenvalue weighted by atomic mass is 32.2. The van der Waals surface area contributed by atoms with Crippen molar-refractivity contribution in [2.75, 3.05) is 24.3 Å². The minimum atomic E-state index is -3.63. The Hall–Kier alpha value is -0.860. The number of rotatable bonds is 5. The molecule has 1 aromatic heterocycles. The van der Waals surface area contributed by atoms with Crippen molar-refractivity contribution >= 4 is 19.9 Å². The Morgan fingerprint density at radius 2 is 1.91 bits per heavy atom. The van der Waals surface area contributed by atoms with Crippen LogP contribution in [-0.4, -0.2) is 45.4 Å². The van der Waals surface area contributed by atoms with E-state index in [1.54, 1.807) is 6.07 Å². The maximum Gasteiger partial charge on any atom is 0.215 e. The van der Waals surface area contributed by atoms with E-state index in [1.807, 2.05) is 13.0 Å². The van der Waals surface area contributed by atoms with Gasteiger partial charge in [-0.3, -0.25) is 0 Å². The number of aryl methyl sites for hydroxylation is 1. The molecule has 0 bridgehead atoms. The van der Waals surface area contributed by atoms with Gasteiger partial charge in [0.15, 0.2) is 0 Å². The lowest BCUT2D eigenvalue weighted by Gasteiger charge is -2.36. The molecular formula is C14H23NO5S2. The van der Waals surface area contributed by atoms with Gasteiger partial charge in [-0.05, 0) is 37.8 Å². The predicted molar refractivity (Wildman–Crippen MR) is 84.8 cm³/mol. The van der Waals surface area contributed by atoms with Gasteiger partial charge in [-0.25, -0.2) is 16.8 Å². The summed E-state index contributed by atoms with van der Waals surface area (Å²) in [5, 5.41) is 0. The first-order valence-corrected chi connectivity index (χ1v) is 11.0. The summed E-state index contributed by atoms with van der Waals surface area (Å²) in [6.45, 7) is 4.30. The van der Waals surface area contributed by atoms with Gasteiger partial charge in [0.25, 0.3) is 0 Å². The predicted octanol–water partition coefficient (Wildman–Crippen LogP) is 1.74. The summed E-state index contributed by atoms with van der Waals surface area (Å²) in [7, 11) is -6.95. The van der Waals surface area contributed by atoms with E-state index in [9.17, 15) is 16.8 Å². The molecule has 0 aromatic carbocycles. The highest BCUT2D eigenvalue weighted by molar-refractivity contribution is 7.93. The number of hydrogen-bond acceptors (Lipinski definition) is 5. The van der Waals surface area contributed by atoms with Gasteiger partial charge >= 0.3 is 0 Å². The fraction of sp³-hybridized carbons (Fsp3) is 0.714. The van der Waals surface area contributed by atoms with Crippen molar-refractivity contribution in [2.45, 2.75) is 32.7 Å². The van der Waals surface area contributed by atoms with Crippen LogP contribution in [-0.2, 0) is 19.9 Å². The van der Waals surface area contributed by atoms with E-state index in [-0.39, 0.29) is 17.5 Å². The number of sulfonamides is 1. The average molecular weight is 349 g/mol. The average Bonchev–Trinajstić information content (AvgIpc) is 2.82. The molecule has 8 heteroatoms. The van der Waals surface area contributed by atoms with E-state index in [1.165, 1.54) is 4.31 Å². The zero-order chi connectivity index (χ0) is 16.5. The lowest BCUT2D eigenvalue weighted by atomic mass is 9.93. The highest BCUT2D eigenvalue weighted by Gasteiger charge is 2.37. The van der Waals surface area contributed by atoms with Gasteiger partial charge in [0.2, 0.25) is 10.0 Å². The van der Waals surface area contributed by atoms with Crippen molar-refractivity contribution in [3.05, 3.63) is 23.7 Å². The van der Waals surface area contributed by atoms with Crippen molar-refractivity contribution in [1.82, 2.24) is 4.31 Å². The van der Waals surface area contributed by atoms with Crippen LogP contribution in [0.15, 0.2) is 16.5 Å². The molecule has 2 heterocycles. The molecule has 0 spiro atoms. The van der Waals surface area contributed by atoms with E-state index in [0.29, 0.717) is 24.6 Å². The molecule has 1 aliphatic heterocycles. The van der Waals surface area contributed by atoms with Crippen LogP contribution in [0.1, 0.15) is 37.3 Å². The summed E-state index contributed by atoms with van der Waals surface area (Å²) < 4.78 is 54.7. The van der Waals surface area contributed by atoms with Crippen LogP contribution in [0.3, 0.4) is 0 Å². The van der Waals surface area contributed by atoms with Crippen LogP contribution in [0.25, 0.3) is 0 Å². The zero-order valence-corrected chi connectivity index (χ0v) is 14.8. The summed E-state index contributed by atoms with van der Waals surface area (Å²) >= 11 is 0. The molecule has 1 aromatic rings. The first-order valence-electron chi connectivity index (χ1n) is 7.32. The molecule has 0 amide bonds. The van der Waals surface area contributed by atoms with Crippen molar-refractivity contribution in [1.29, 1.82) is 0 Å². The normalized spacial score (nSPS) is 24.5. The Morgan fingerprint density at radius 3 is 2.45 bits per heavy atom. The lowest BCUT2D eigenvalue weighted by molar-refractivity contribution is 0.184. The molecule has 6 nitrogen and oxygen atoms in total. The largest absolute Gasteiger partial charge is 0.465 e. The Kier molecular flexibility index (Phi) is 5.03. The van der Waals surface area contributed by atoms with Gasteiger partial charge in [-0.1, -0.05) is 6.92 Å². The standard InChI is InChI=1S/C14H23NO5S2/c1-11-6-7-15(22(18,19)9-8-21(3,16)17)13(10-11)14-5-4-12(2)20-14/h4-5,11,13H,6-10H2,1-3H3/t11-,13+/m0/s1. The molecule has 2 atom stereocenters. The first kappa shape index (κ1) is 17.5. The van der Waals surface area contributed by atoms with Crippen LogP contribution < -0.4 is 0 Å². The molecule has 126 valence electrons. The summed E-state index contributed by atoms with van der Waals surface area (Å²) in [6, 6.07) is 3.27. The van der Waals surface area contributed by atoms with Crippen LogP contribution in [0.2, 0.25) is 0 Å². The second-order valence-electron chi connectivity index (χ2n) is 6.15. The molecule has 0 N–H and O–H groups in total. The zero-order valence-electron chi connectivity index (χ0n) is 13.1. The maximum absolute atomic E-state index is 12.5. The summed E-state index contributed by atoms with van der Waals surface area (Å²) in [4.78, 5) is 0. The van der Waals surface area contributed by atoms with Crippen LogP contribution in [0.4, 0.5) is 0 Å². The molecule has 2 rings (SSSR count).